The number of hydrogen-bond acceptors (Lipinski definition) is 3. The van der Waals surface area contributed by atoms with Crippen LogP contribution in [-0.2, 0) is 6.54 Å². The molecular formula is C13H21BrN2S. The molecular weight excluding hydrogens is 296 g/mol. The highest BCUT2D eigenvalue weighted by Crippen LogP contribution is 2.25. The lowest BCUT2D eigenvalue weighted by molar-refractivity contribution is 0.130. The fourth-order valence-electron chi connectivity index (χ4n) is 2.19. The van der Waals surface area contributed by atoms with Gasteiger partial charge in [0.2, 0.25) is 0 Å². The Hall–Kier alpha value is 0.1000. The summed E-state index contributed by atoms with van der Waals surface area (Å²) in [5.41, 5.74) is 0.342. The number of nitrogens with zero attached hydrogens (tertiary/aromatic N) is 1. The Morgan fingerprint density at radius 1 is 1.53 bits per heavy atom. The van der Waals surface area contributed by atoms with Gasteiger partial charge < -0.3 is 5.32 Å². The number of piperazine rings is 1. The molecule has 4 heteroatoms. The molecule has 0 aromatic carbocycles. The summed E-state index contributed by atoms with van der Waals surface area (Å²) in [7, 11) is 0. The second kappa shape index (κ2) is 5.39. The summed E-state index contributed by atoms with van der Waals surface area (Å²) in [6.45, 7) is 11.4. The number of halogens is 1. The van der Waals surface area contributed by atoms with Crippen molar-refractivity contribution in [1.29, 1.82) is 0 Å². The van der Waals surface area contributed by atoms with Crippen LogP contribution in [0.4, 0.5) is 0 Å². The minimum Gasteiger partial charge on any atom is -0.311 e. The first-order valence-electron chi connectivity index (χ1n) is 6.14. The van der Waals surface area contributed by atoms with Crippen LogP contribution in [0, 0.1) is 5.41 Å². The molecule has 1 aliphatic heterocycles. The fraction of sp³-hybridized carbons (Fsp3) is 0.692. The van der Waals surface area contributed by atoms with E-state index in [2.05, 4.69) is 58.4 Å². The maximum Gasteiger partial charge on any atom is 0.0329 e. The van der Waals surface area contributed by atoms with E-state index < -0.39 is 0 Å². The molecule has 17 heavy (non-hydrogen) atoms. The third kappa shape index (κ3) is 3.78. The van der Waals surface area contributed by atoms with Crippen LogP contribution in [-0.4, -0.2) is 30.6 Å². The molecule has 2 heterocycles. The van der Waals surface area contributed by atoms with Gasteiger partial charge in [-0.25, -0.2) is 0 Å². The van der Waals surface area contributed by atoms with E-state index in [-0.39, 0.29) is 0 Å². The molecule has 0 bridgehead atoms. The molecule has 0 aliphatic carbocycles. The maximum absolute atomic E-state index is 3.63. The van der Waals surface area contributed by atoms with Crippen molar-refractivity contribution in [3.05, 3.63) is 20.8 Å². The van der Waals surface area contributed by atoms with E-state index in [1.54, 1.807) is 0 Å². The molecule has 0 amide bonds. The number of thiophene rings is 1. The third-order valence-corrected chi connectivity index (χ3v) is 4.99. The Balaban J connectivity index is 1.94. The molecule has 0 spiro atoms. The molecule has 1 aromatic rings. The molecule has 1 aromatic heterocycles. The van der Waals surface area contributed by atoms with E-state index in [1.807, 2.05) is 11.3 Å². The lowest BCUT2D eigenvalue weighted by Crippen LogP contribution is -2.55. The van der Waals surface area contributed by atoms with E-state index in [0.717, 1.165) is 26.2 Å². The second-order valence-corrected chi connectivity index (χ2v) is 7.75. The first kappa shape index (κ1) is 13.5. The third-order valence-electron chi connectivity index (χ3n) is 3.31. The minimum absolute atomic E-state index is 0.342. The average Bonchev–Trinajstić information content (AvgIpc) is 2.63. The van der Waals surface area contributed by atoms with Crippen LogP contribution in [0.2, 0.25) is 0 Å². The molecule has 0 radical (unpaired) electrons. The predicted molar refractivity (Wildman–Crippen MR) is 78.5 cm³/mol. The Kier molecular flexibility index (Phi) is 4.29. The predicted octanol–water partition coefficient (Wildman–Crippen LogP) is 3.33. The Morgan fingerprint density at radius 3 is 2.88 bits per heavy atom. The zero-order valence-corrected chi connectivity index (χ0v) is 13.2. The number of hydrogen-bond donors (Lipinski definition) is 1. The van der Waals surface area contributed by atoms with Crippen molar-refractivity contribution < 1.29 is 0 Å². The standard InChI is InChI=1S/C13H21BrN2S/c1-13(2,3)12-8-16(5-4-15-12)7-11-6-10(14)9-17-11/h6,9,12,15H,4-5,7-8H2,1-3H3. The maximum atomic E-state index is 3.63. The van der Waals surface area contributed by atoms with E-state index in [1.165, 1.54) is 9.35 Å². The Bertz CT molecular complexity index is 370. The first-order chi connectivity index (χ1) is 7.95. The van der Waals surface area contributed by atoms with E-state index in [9.17, 15) is 0 Å². The summed E-state index contributed by atoms with van der Waals surface area (Å²) in [4.78, 5) is 4.01. The highest BCUT2D eigenvalue weighted by molar-refractivity contribution is 9.10. The van der Waals surface area contributed by atoms with Crippen LogP contribution in [0.15, 0.2) is 15.9 Å². The van der Waals surface area contributed by atoms with Crippen LogP contribution < -0.4 is 5.32 Å². The van der Waals surface area contributed by atoms with Gasteiger partial charge in [-0.2, -0.15) is 0 Å². The van der Waals surface area contributed by atoms with Crippen LogP contribution in [0.3, 0.4) is 0 Å². The molecule has 1 atom stereocenters. The van der Waals surface area contributed by atoms with E-state index in [0.29, 0.717) is 11.5 Å². The lowest BCUT2D eigenvalue weighted by atomic mass is 9.85. The molecule has 1 saturated heterocycles. The second-order valence-electron chi connectivity index (χ2n) is 5.84. The van der Waals surface area contributed by atoms with Gasteiger partial charge in [0.15, 0.2) is 0 Å². The Labute approximate surface area is 117 Å². The van der Waals surface area contributed by atoms with Gasteiger partial charge in [0.1, 0.15) is 0 Å². The van der Waals surface area contributed by atoms with Crippen LogP contribution in [0.5, 0.6) is 0 Å². The molecule has 1 fully saturated rings. The van der Waals surface area contributed by atoms with Crippen LogP contribution in [0.25, 0.3) is 0 Å². The summed E-state index contributed by atoms with van der Waals surface area (Å²) in [6, 6.07) is 2.83. The zero-order valence-electron chi connectivity index (χ0n) is 10.8. The molecule has 1 aliphatic rings. The summed E-state index contributed by atoms with van der Waals surface area (Å²) in [5, 5.41) is 5.80. The molecule has 96 valence electrons. The Morgan fingerprint density at radius 2 is 2.29 bits per heavy atom. The highest BCUT2D eigenvalue weighted by atomic mass is 79.9. The summed E-state index contributed by atoms with van der Waals surface area (Å²) in [6.07, 6.45) is 0. The van der Waals surface area contributed by atoms with Gasteiger partial charge in [-0.3, -0.25) is 4.90 Å². The summed E-state index contributed by atoms with van der Waals surface area (Å²) >= 11 is 5.36. The topological polar surface area (TPSA) is 15.3 Å². The van der Waals surface area contributed by atoms with Gasteiger partial charge in [-0.15, -0.1) is 11.3 Å². The van der Waals surface area contributed by atoms with Gasteiger partial charge in [0.25, 0.3) is 0 Å². The zero-order chi connectivity index (χ0) is 12.5. The summed E-state index contributed by atoms with van der Waals surface area (Å²) in [5.74, 6) is 0. The van der Waals surface area contributed by atoms with Crippen LogP contribution >= 0.6 is 27.3 Å². The van der Waals surface area contributed by atoms with Crippen LogP contribution in [0.1, 0.15) is 25.6 Å². The van der Waals surface area contributed by atoms with Crippen molar-refractivity contribution in [1.82, 2.24) is 10.2 Å². The average molecular weight is 317 g/mol. The monoisotopic (exact) mass is 316 g/mol. The smallest absolute Gasteiger partial charge is 0.0329 e. The van der Waals surface area contributed by atoms with Crippen molar-refractivity contribution in [3.63, 3.8) is 0 Å². The lowest BCUT2D eigenvalue weighted by Gasteiger charge is -2.40. The molecule has 2 nitrogen and oxygen atoms in total. The van der Waals surface area contributed by atoms with Crippen molar-refractivity contribution in [2.24, 2.45) is 5.41 Å². The van der Waals surface area contributed by atoms with Crippen molar-refractivity contribution in [2.75, 3.05) is 19.6 Å². The highest BCUT2D eigenvalue weighted by Gasteiger charge is 2.29. The fourth-order valence-corrected chi connectivity index (χ4v) is 3.68. The molecule has 2 rings (SSSR count). The van der Waals surface area contributed by atoms with Crippen molar-refractivity contribution in [3.8, 4) is 0 Å². The normalized spacial score (nSPS) is 22.9. The van der Waals surface area contributed by atoms with Gasteiger partial charge >= 0.3 is 0 Å². The molecule has 1 unspecified atom stereocenters. The molecule has 0 saturated carbocycles. The summed E-state index contributed by atoms with van der Waals surface area (Å²) < 4.78 is 1.21. The first-order valence-corrected chi connectivity index (χ1v) is 7.81. The van der Waals surface area contributed by atoms with Gasteiger partial charge in [0.05, 0.1) is 0 Å². The SMILES string of the molecule is CC(C)(C)C1CN(Cc2cc(Br)cs2)CCN1. The van der Waals surface area contributed by atoms with Gasteiger partial charge in [-0.05, 0) is 27.4 Å². The van der Waals surface area contributed by atoms with E-state index in [4.69, 9.17) is 0 Å². The minimum atomic E-state index is 0.342. The van der Waals surface area contributed by atoms with Gasteiger partial charge in [-0.1, -0.05) is 20.8 Å². The van der Waals surface area contributed by atoms with Gasteiger partial charge in [0, 0.05) is 47.0 Å². The molecule has 1 N–H and O–H groups in total. The largest absolute Gasteiger partial charge is 0.311 e. The van der Waals surface area contributed by atoms with Crippen molar-refractivity contribution >= 4 is 27.3 Å². The van der Waals surface area contributed by atoms with E-state index >= 15 is 0 Å². The number of nitrogens with one attached hydrogen (secondary N) is 1. The quantitative estimate of drug-likeness (QED) is 0.900. The number of rotatable bonds is 2. The van der Waals surface area contributed by atoms with Crippen molar-refractivity contribution in [2.45, 2.75) is 33.4 Å².